The number of likely N-dealkylation sites (tertiary alicyclic amines) is 2. The molecule has 1 saturated carbocycles. The second-order valence-electron chi connectivity index (χ2n) is 14.8. The average Bonchev–Trinajstić information content (AvgIpc) is 3.48. The molecule has 6 heteroatoms. The molecule has 1 unspecified atom stereocenters. The van der Waals surface area contributed by atoms with Crippen LogP contribution in [0.3, 0.4) is 0 Å². The normalized spacial score (nSPS) is 27.1. The lowest BCUT2D eigenvalue weighted by Crippen LogP contribution is -2.54. The zero-order valence-electron chi connectivity index (χ0n) is 25.0. The first-order chi connectivity index (χ1) is 17.6. The molecule has 212 valence electrons. The van der Waals surface area contributed by atoms with Gasteiger partial charge >= 0.3 is 0 Å². The first kappa shape index (κ1) is 29.4. The summed E-state index contributed by atoms with van der Waals surface area (Å²) in [6.07, 6.45) is 6.13. The molecule has 1 aromatic carbocycles. The molecule has 0 N–H and O–H groups in total. The number of hydrogen-bond donors (Lipinski definition) is 0. The van der Waals surface area contributed by atoms with Gasteiger partial charge in [0, 0.05) is 47.7 Å². The lowest BCUT2D eigenvalue weighted by Gasteiger charge is -2.45. The fraction of sp³-hybridized carbons (Fsp3) is 0.750. The van der Waals surface area contributed by atoms with Crippen LogP contribution >= 0.6 is 11.6 Å². The molecular formula is C32H50ClN3O2. The van der Waals surface area contributed by atoms with E-state index in [1.165, 1.54) is 0 Å². The van der Waals surface area contributed by atoms with Gasteiger partial charge in [-0.05, 0) is 82.4 Å². The van der Waals surface area contributed by atoms with Crippen LogP contribution in [0.4, 0.5) is 0 Å². The summed E-state index contributed by atoms with van der Waals surface area (Å²) in [5.41, 5.74) is 1.04. The third kappa shape index (κ3) is 6.25. The van der Waals surface area contributed by atoms with Crippen molar-refractivity contribution >= 4 is 23.4 Å². The minimum atomic E-state index is -0.428. The van der Waals surface area contributed by atoms with Crippen molar-refractivity contribution in [1.29, 1.82) is 0 Å². The number of hydrogen-bond acceptors (Lipinski definition) is 3. The van der Waals surface area contributed by atoms with Gasteiger partial charge in [0.2, 0.25) is 11.8 Å². The molecule has 3 aliphatic rings. The molecule has 2 heterocycles. The van der Waals surface area contributed by atoms with Gasteiger partial charge < -0.3 is 9.80 Å². The molecule has 2 amide bonds. The maximum atomic E-state index is 14.1. The Morgan fingerprint density at radius 2 is 1.50 bits per heavy atom. The molecule has 0 radical (unpaired) electrons. The molecule has 1 aromatic rings. The Morgan fingerprint density at radius 1 is 0.895 bits per heavy atom. The number of benzene rings is 1. The highest BCUT2D eigenvalue weighted by molar-refractivity contribution is 6.30. The molecule has 38 heavy (non-hydrogen) atoms. The van der Waals surface area contributed by atoms with Crippen LogP contribution in [-0.2, 0) is 9.59 Å². The number of nitrogens with zero attached hydrogens (tertiary/aromatic N) is 3. The van der Waals surface area contributed by atoms with Gasteiger partial charge in [-0.15, -0.1) is 0 Å². The van der Waals surface area contributed by atoms with E-state index in [9.17, 15) is 9.59 Å². The second kappa shape index (κ2) is 10.8. The number of rotatable bonds is 4. The zero-order chi connectivity index (χ0) is 28.0. The van der Waals surface area contributed by atoms with Crippen molar-refractivity contribution in [1.82, 2.24) is 14.7 Å². The maximum absolute atomic E-state index is 14.1. The highest BCUT2D eigenvalue weighted by atomic mass is 35.5. The quantitative estimate of drug-likeness (QED) is 0.413. The van der Waals surface area contributed by atoms with Crippen molar-refractivity contribution in [3.63, 3.8) is 0 Å². The minimum Gasteiger partial charge on any atom is -0.340 e. The van der Waals surface area contributed by atoms with E-state index in [1.54, 1.807) is 0 Å². The molecular weight excluding hydrogens is 494 g/mol. The summed E-state index contributed by atoms with van der Waals surface area (Å²) >= 11 is 6.21. The molecule has 3 atom stereocenters. The Balaban J connectivity index is 1.54. The van der Waals surface area contributed by atoms with Crippen LogP contribution in [0.2, 0.25) is 5.02 Å². The van der Waals surface area contributed by atoms with Crippen molar-refractivity contribution in [3.8, 4) is 0 Å². The van der Waals surface area contributed by atoms with Crippen LogP contribution < -0.4 is 0 Å². The van der Waals surface area contributed by atoms with Crippen LogP contribution in [0.15, 0.2) is 24.3 Å². The van der Waals surface area contributed by atoms with Gasteiger partial charge in [-0.1, -0.05) is 58.4 Å². The predicted octanol–water partition coefficient (Wildman–Crippen LogP) is 6.95. The highest BCUT2D eigenvalue weighted by Gasteiger charge is 2.47. The first-order valence-corrected chi connectivity index (χ1v) is 15.1. The molecule has 0 aromatic heterocycles. The summed E-state index contributed by atoms with van der Waals surface area (Å²) in [5.74, 6) is 0.392. The topological polar surface area (TPSA) is 43.9 Å². The summed E-state index contributed by atoms with van der Waals surface area (Å²) in [6.45, 7) is 19.8. The molecule has 0 bridgehead atoms. The van der Waals surface area contributed by atoms with Gasteiger partial charge in [0.05, 0.1) is 12.0 Å². The Bertz CT molecular complexity index is 997. The first-order valence-electron chi connectivity index (χ1n) is 14.7. The third-order valence-electron chi connectivity index (χ3n) is 9.23. The Kier molecular flexibility index (Phi) is 8.33. The Labute approximate surface area is 236 Å². The van der Waals surface area contributed by atoms with Gasteiger partial charge in [-0.3, -0.25) is 14.5 Å². The van der Waals surface area contributed by atoms with E-state index in [0.29, 0.717) is 17.0 Å². The van der Waals surface area contributed by atoms with Gasteiger partial charge in [0.25, 0.3) is 0 Å². The summed E-state index contributed by atoms with van der Waals surface area (Å²) in [7, 11) is 0. The average molecular weight is 544 g/mol. The summed E-state index contributed by atoms with van der Waals surface area (Å²) < 4.78 is 0. The molecule has 3 fully saturated rings. The van der Waals surface area contributed by atoms with E-state index in [0.717, 1.165) is 57.2 Å². The summed E-state index contributed by atoms with van der Waals surface area (Å²) in [6, 6.07) is 8.45. The highest BCUT2D eigenvalue weighted by Crippen LogP contribution is 2.44. The fourth-order valence-electron chi connectivity index (χ4n) is 6.96. The molecule has 0 spiro atoms. The SMILES string of the molecule is CC1(C)CCC(N(C(=O)C(C)(C)C)[C@H]2CCN(C(=O)[C@H]3CCN(C(C)(C)C)C3c3ccc(Cl)cc3)C2)CC1. The van der Waals surface area contributed by atoms with Gasteiger partial charge in [0.1, 0.15) is 0 Å². The zero-order valence-corrected chi connectivity index (χ0v) is 25.8. The van der Waals surface area contributed by atoms with Crippen LogP contribution in [0.25, 0.3) is 0 Å². The lowest BCUT2D eigenvalue weighted by atomic mass is 9.74. The standard InChI is InChI=1S/C32H50ClN3O2/c1-30(2,3)29(38)36(24-13-17-32(7,8)18-14-24)25-15-19-34(21-25)28(37)26-16-20-35(31(4,5)6)27(26)22-9-11-23(33)12-10-22/h9-12,24-27H,13-21H2,1-8H3/t25-,26-,27?/m0/s1. The molecule has 2 saturated heterocycles. The fourth-order valence-corrected chi connectivity index (χ4v) is 7.08. The summed E-state index contributed by atoms with van der Waals surface area (Å²) in [5, 5.41) is 0.717. The third-order valence-corrected chi connectivity index (χ3v) is 9.49. The van der Waals surface area contributed by atoms with E-state index in [4.69, 9.17) is 11.6 Å². The van der Waals surface area contributed by atoms with Crippen molar-refractivity contribution in [3.05, 3.63) is 34.9 Å². The van der Waals surface area contributed by atoms with Crippen molar-refractivity contribution in [2.75, 3.05) is 19.6 Å². The van der Waals surface area contributed by atoms with Crippen LogP contribution in [-0.4, -0.2) is 63.8 Å². The molecule has 4 rings (SSSR count). The molecule has 1 aliphatic carbocycles. The van der Waals surface area contributed by atoms with E-state index in [-0.39, 0.29) is 41.4 Å². The summed E-state index contributed by atoms with van der Waals surface area (Å²) in [4.78, 5) is 34.7. The van der Waals surface area contributed by atoms with Crippen molar-refractivity contribution in [2.45, 2.75) is 118 Å². The van der Waals surface area contributed by atoms with E-state index < -0.39 is 5.41 Å². The predicted molar refractivity (Wildman–Crippen MR) is 156 cm³/mol. The van der Waals surface area contributed by atoms with Crippen LogP contribution in [0.5, 0.6) is 0 Å². The lowest BCUT2D eigenvalue weighted by molar-refractivity contribution is -0.147. The maximum Gasteiger partial charge on any atom is 0.228 e. The largest absolute Gasteiger partial charge is 0.340 e. The molecule has 2 aliphatic heterocycles. The van der Waals surface area contributed by atoms with E-state index >= 15 is 0 Å². The van der Waals surface area contributed by atoms with Crippen LogP contribution in [0, 0.1) is 16.7 Å². The Morgan fingerprint density at radius 3 is 2.05 bits per heavy atom. The number of halogens is 1. The van der Waals surface area contributed by atoms with Gasteiger partial charge in [0.15, 0.2) is 0 Å². The van der Waals surface area contributed by atoms with Crippen LogP contribution in [0.1, 0.15) is 106 Å². The van der Waals surface area contributed by atoms with Crippen molar-refractivity contribution in [2.24, 2.45) is 16.7 Å². The smallest absolute Gasteiger partial charge is 0.228 e. The van der Waals surface area contributed by atoms with E-state index in [1.807, 2.05) is 32.9 Å². The number of carbonyl (C=O) groups excluding carboxylic acids is 2. The Hall–Kier alpha value is -1.59. The monoisotopic (exact) mass is 543 g/mol. The minimum absolute atomic E-state index is 0.0340. The number of amides is 2. The number of carbonyl (C=O) groups is 2. The van der Waals surface area contributed by atoms with Crippen molar-refractivity contribution < 1.29 is 9.59 Å². The molecule has 5 nitrogen and oxygen atoms in total. The van der Waals surface area contributed by atoms with Gasteiger partial charge in [-0.2, -0.15) is 0 Å². The second-order valence-corrected chi connectivity index (χ2v) is 15.3. The van der Waals surface area contributed by atoms with Gasteiger partial charge in [-0.25, -0.2) is 0 Å². The van der Waals surface area contributed by atoms with E-state index in [2.05, 4.69) is 61.5 Å².